The molecule has 0 atom stereocenters. The first-order valence-electron chi connectivity index (χ1n) is 3.21. The Morgan fingerprint density at radius 3 is 3.00 bits per heavy atom. The number of pyridine rings is 1. The van der Waals surface area contributed by atoms with Crippen LogP contribution in [0, 0.1) is 0 Å². The van der Waals surface area contributed by atoms with Gasteiger partial charge in [-0.2, -0.15) is 0 Å². The fourth-order valence-electron chi connectivity index (χ4n) is 0.814. The van der Waals surface area contributed by atoms with Crippen LogP contribution >= 0.6 is 11.6 Å². The third-order valence-electron chi connectivity index (χ3n) is 1.32. The van der Waals surface area contributed by atoms with Gasteiger partial charge in [0.1, 0.15) is 11.5 Å². The van der Waals surface area contributed by atoms with Crippen LogP contribution in [0.25, 0.3) is 5.69 Å². The third-order valence-corrected chi connectivity index (χ3v) is 1.53. The largest absolute Gasteiger partial charge is 0.244 e. The topological polar surface area (TPSA) is 56.5 Å². The molecule has 0 aromatic carbocycles. The minimum atomic E-state index is 0.419. The molecule has 5 nitrogen and oxygen atoms in total. The summed E-state index contributed by atoms with van der Waals surface area (Å²) in [6.07, 6.45) is 3.09. The van der Waals surface area contributed by atoms with Gasteiger partial charge in [0.05, 0.1) is 5.69 Å². The zero-order chi connectivity index (χ0) is 8.39. The predicted molar refractivity (Wildman–Crippen MR) is 42.0 cm³/mol. The third kappa shape index (κ3) is 1.26. The molecule has 2 heterocycles. The van der Waals surface area contributed by atoms with Crippen molar-refractivity contribution in [3.05, 3.63) is 29.8 Å². The molecule has 0 aliphatic heterocycles. The second kappa shape index (κ2) is 2.86. The number of hydrogen-bond donors (Lipinski definition) is 0. The van der Waals surface area contributed by atoms with E-state index in [-0.39, 0.29) is 0 Å². The van der Waals surface area contributed by atoms with E-state index < -0.39 is 0 Å². The number of aromatic nitrogens is 5. The van der Waals surface area contributed by atoms with E-state index in [9.17, 15) is 0 Å². The van der Waals surface area contributed by atoms with Gasteiger partial charge in [0, 0.05) is 12.3 Å². The maximum atomic E-state index is 5.67. The highest BCUT2D eigenvalue weighted by atomic mass is 35.5. The van der Waals surface area contributed by atoms with Gasteiger partial charge >= 0.3 is 0 Å². The molecule has 0 N–H and O–H groups in total. The minimum absolute atomic E-state index is 0.419. The number of nitrogens with zero attached hydrogens (tertiary/aromatic N) is 5. The van der Waals surface area contributed by atoms with E-state index in [1.54, 1.807) is 18.3 Å². The molecule has 2 aromatic rings. The highest BCUT2D eigenvalue weighted by molar-refractivity contribution is 6.29. The van der Waals surface area contributed by atoms with Gasteiger partial charge in [0.15, 0.2) is 0 Å². The van der Waals surface area contributed by atoms with Crippen LogP contribution in [-0.4, -0.2) is 25.2 Å². The summed E-state index contributed by atoms with van der Waals surface area (Å²) in [4.78, 5) is 3.83. The summed E-state index contributed by atoms with van der Waals surface area (Å²) >= 11 is 5.67. The van der Waals surface area contributed by atoms with Crippen molar-refractivity contribution in [3.63, 3.8) is 0 Å². The minimum Gasteiger partial charge on any atom is -0.244 e. The van der Waals surface area contributed by atoms with Gasteiger partial charge < -0.3 is 0 Å². The quantitative estimate of drug-likeness (QED) is 0.608. The van der Waals surface area contributed by atoms with Crippen LogP contribution in [0.3, 0.4) is 0 Å². The normalized spacial score (nSPS) is 10.1. The lowest BCUT2D eigenvalue weighted by Crippen LogP contribution is -1.94. The van der Waals surface area contributed by atoms with Crippen molar-refractivity contribution >= 4 is 11.6 Å². The Morgan fingerprint density at radius 1 is 1.42 bits per heavy atom. The Kier molecular flexibility index (Phi) is 1.71. The highest BCUT2D eigenvalue weighted by Gasteiger charge is 1.97. The van der Waals surface area contributed by atoms with Crippen LogP contribution in [0.15, 0.2) is 24.7 Å². The summed E-state index contributed by atoms with van der Waals surface area (Å²) in [5.41, 5.74) is 0.792. The van der Waals surface area contributed by atoms with Crippen LogP contribution in [0.1, 0.15) is 0 Å². The standard InChI is InChI=1S/C6H4ClN5/c7-6-3-5(1-2-8-6)12-4-9-10-11-12/h1-4H. The molecule has 0 unspecified atom stereocenters. The molecular weight excluding hydrogens is 178 g/mol. The fraction of sp³-hybridized carbons (Fsp3) is 0. The van der Waals surface area contributed by atoms with E-state index in [0.29, 0.717) is 5.15 Å². The van der Waals surface area contributed by atoms with Crippen molar-refractivity contribution in [2.75, 3.05) is 0 Å². The van der Waals surface area contributed by atoms with Crippen molar-refractivity contribution in [1.82, 2.24) is 25.2 Å². The van der Waals surface area contributed by atoms with Gasteiger partial charge in [-0.25, -0.2) is 9.67 Å². The maximum Gasteiger partial charge on any atom is 0.143 e. The van der Waals surface area contributed by atoms with E-state index in [1.165, 1.54) is 11.0 Å². The molecule has 0 aliphatic carbocycles. The molecule has 2 rings (SSSR count). The van der Waals surface area contributed by atoms with Crippen molar-refractivity contribution in [1.29, 1.82) is 0 Å². The fourth-order valence-corrected chi connectivity index (χ4v) is 0.982. The van der Waals surface area contributed by atoms with Gasteiger partial charge in [0.2, 0.25) is 0 Å². The summed E-state index contributed by atoms with van der Waals surface area (Å²) < 4.78 is 1.51. The Balaban J connectivity index is 2.48. The summed E-state index contributed by atoms with van der Waals surface area (Å²) in [5.74, 6) is 0. The van der Waals surface area contributed by atoms with E-state index >= 15 is 0 Å². The van der Waals surface area contributed by atoms with Crippen LogP contribution < -0.4 is 0 Å². The van der Waals surface area contributed by atoms with Crippen molar-refractivity contribution in [2.45, 2.75) is 0 Å². The second-order valence-electron chi connectivity index (χ2n) is 2.09. The Hall–Kier alpha value is -1.49. The first-order chi connectivity index (χ1) is 5.86. The molecule has 0 spiro atoms. The number of tetrazole rings is 1. The van der Waals surface area contributed by atoms with Gasteiger partial charge in [-0.1, -0.05) is 11.6 Å². The number of halogens is 1. The Labute approximate surface area is 73.0 Å². The lowest BCUT2D eigenvalue weighted by Gasteiger charge is -1.96. The van der Waals surface area contributed by atoms with Crippen LogP contribution in [0.4, 0.5) is 0 Å². The lowest BCUT2D eigenvalue weighted by atomic mass is 10.4. The molecule has 0 fully saturated rings. The molecule has 0 amide bonds. The molecular formula is C6H4ClN5. The summed E-state index contributed by atoms with van der Waals surface area (Å²) in [5, 5.41) is 11.1. The Bertz CT molecular complexity index is 371. The average molecular weight is 182 g/mol. The number of hydrogen-bond acceptors (Lipinski definition) is 4. The van der Waals surface area contributed by atoms with Gasteiger partial charge in [-0.3, -0.25) is 0 Å². The summed E-state index contributed by atoms with van der Waals surface area (Å²) in [7, 11) is 0. The monoisotopic (exact) mass is 181 g/mol. The predicted octanol–water partition coefficient (Wildman–Crippen LogP) is 0.711. The molecule has 12 heavy (non-hydrogen) atoms. The van der Waals surface area contributed by atoms with Crippen LogP contribution in [0.5, 0.6) is 0 Å². The first-order valence-corrected chi connectivity index (χ1v) is 3.59. The van der Waals surface area contributed by atoms with Gasteiger partial charge in [-0.05, 0) is 16.5 Å². The van der Waals surface area contributed by atoms with Crippen molar-refractivity contribution in [2.24, 2.45) is 0 Å². The van der Waals surface area contributed by atoms with Gasteiger partial charge in [-0.15, -0.1) is 5.10 Å². The molecule has 0 radical (unpaired) electrons. The summed E-state index contributed by atoms with van der Waals surface area (Å²) in [6, 6.07) is 3.44. The van der Waals surface area contributed by atoms with Crippen LogP contribution in [-0.2, 0) is 0 Å². The van der Waals surface area contributed by atoms with E-state index in [4.69, 9.17) is 11.6 Å². The van der Waals surface area contributed by atoms with Crippen molar-refractivity contribution in [3.8, 4) is 5.69 Å². The smallest absolute Gasteiger partial charge is 0.143 e. The van der Waals surface area contributed by atoms with E-state index in [2.05, 4.69) is 20.5 Å². The zero-order valence-electron chi connectivity index (χ0n) is 5.92. The van der Waals surface area contributed by atoms with Crippen molar-refractivity contribution < 1.29 is 0 Å². The average Bonchev–Trinajstić information content (AvgIpc) is 2.56. The molecule has 0 aliphatic rings. The second-order valence-corrected chi connectivity index (χ2v) is 2.48. The molecule has 0 saturated heterocycles. The molecule has 0 bridgehead atoms. The highest BCUT2D eigenvalue weighted by Crippen LogP contribution is 2.09. The maximum absolute atomic E-state index is 5.67. The molecule has 6 heteroatoms. The van der Waals surface area contributed by atoms with Crippen LogP contribution in [0.2, 0.25) is 5.15 Å². The van der Waals surface area contributed by atoms with E-state index in [0.717, 1.165) is 5.69 Å². The first kappa shape index (κ1) is 7.17. The molecule has 2 aromatic heterocycles. The summed E-state index contributed by atoms with van der Waals surface area (Å²) in [6.45, 7) is 0. The zero-order valence-corrected chi connectivity index (χ0v) is 6.68. The molecule has 0 saturated carbocycles. The lowest BCUT2D eigenvalue weighted by molar-refractivity contribution is 0.788. The SMILES string of the molecule is Clc1cc(-n2cnnn2)ccn1. The molecule has 60 valence electrons. The Morgan fingerprint density at radius 2 is 2.33 bits per heavy atom. The van der Waals surface area contributed by atoms with Gasteiger partial charge in [0.25, 0.3) is 0 Å². The van der Waals surface area contributed by atoms with E-state index in [1.807, 2.05) is 0 Å². The number of rotatable bonds is 1.